The summed E-state index contributed by atoms with van der Waals surface area (Å²) in [6.07, 6.45) is 4.09. The highest BCUT2D eigenvalue weighted by atomic mass is 16.5. The van der Waals surface area contributed by atoms with Crippen LogP contribution in [0.5, 0.6) is 5.75 Å². The summed E-state index contributed by atoms with van der Waals surface area (Å²) < 4.78 is 6.12. The maximum absolute atomic E-state index is 6.12. The molecular formula is C25H31NO. The van der Waals surface area contributed by atoms with E-state index < -0.39 is 0 Å². The van der Waals surface area contributed by atoms with E-state index in [0.29, 0.717) is 0 Å². The summed E-state index contributed by atoms with van der Waals surface area (Å²) in [7, 11) is 2.11. The van der Waals surface area contributed by atoms with Gasteiger partial charge in [0, 0.05) is 18.5 Å². The molecule has 0 aliphatic carbocycles. The number of rotatable bonds is 7. The Labute approximate surface area is 164 Å². The van der Waals surface area contributed by atoms with E-state index in [2.05, 4.69) is 87.9 Å². The summed E-state index contributed by atoms with van der Waals surface area (Å²) in [5, 5.41) is 0. The molecule has 1 atom stereocenters. The molecule has 27 heavy (non-hydrogen) atoms. The van der Waals surface area contributed by atoms with Gasteiger partial charge in [0.25, 0.3) is 0 Å². The molecule has 0 amide bonds. The second-order valence-electron chi connectivity index (χ2n) is 7.94. The van der Waals surface area contributed by atoms with Crippen molar-refractivity contribution in [1.82, 2.24) is 4.90 Å². The summed E-state index contributed by atoms with van der Waals surface area (Å²) in [5.74, 6) is 7.23. The van der Waals surface area contributed by atoms with Crippen molar-refractivity contribution in [2.45, 2.75) is 40.3 Å². The fourth-order valence-electron chi connectivity index (χ4n) is 2.64. The van der Waals surface area contributed by atoms with Crippen LogP contribution in [0.3, 0.4) is 0 Å². The molecular weight excluding hydrogens is 330 g/mol. The first-order valence-corrected chi connectivity index (χ1v) is 9.50. The molecule has 0 spiro atoms. The van der Waals surface area contributed by atoms with Crippen LogP contribution < -0.4 is 4.74 Å². The van der Waals surface area contributed by atoms with E-state index in [0.717, 1.165) is 18.8 Å². The van der Waals surface area contributed by atoms with Gasteiger partial charge in [-0.2, -0.15) is 0 Å². The molecule has 2 aromatic rings. The molecule has 0 aromatic heterocycles. The van der Waals surface area contributed by atoms with E-state index in [4.69, 9.17) is 4.74 Å². The minimum Gasteiger partial charge on any atom is -0.486 e. The highest BCUT2D eigenvalue weighted by Gasteiger charge is 2.07. The SMILES string of the molecule is CC(Oc1cccc(CN(C)CC=CC#CC(C)(C)C)c1)c1ccccc1. The lowest BCUT2D eigenvalue weighted by molar-refractivity contribution is 0.226. The summed E-state index contributed by atoms with van der Waals surface area (Å²) in [6.45, 7) is 10.2. The largest absolute Gasteiger partial charge is 0.486 e. The van der Waals surface area contributed by atoms with Gasteiger partial charge in [0.2, 0.25) is 0 Å². The van der Waals surface area contributed by atoms with Crippen molar-refractivity contribution in [1.29, 1.82) is 0 Å². The van der Waals surface area contributed by atoms with Gasteiger partial charge in [-0.3, -0.25) is 4.90 Å². The average Bonchev–Trinajstić information content (AvgIpc) is 2.61. The second-order valence-corrected chi connectivity index (χ2v) is 7.94. The van der Waals surface area contributed by atoms with Gasteiger partial charge in [0.15, 0.2) is 0 Å². The third-order valence-corrected chi connectivity index (χ3v) is 4.00. The summed E-state index contributed by atoms with van der Waals surface area (Å²) >= 11 is 0. The Balaban J connectivity index is 1.89. The predicted molar refractivity (Wildman–Crippen MR) is 115 cm³/mol. The van der Waals surface area contributed by atoms with Crippen molar-refractivity contribution in [3.63, 3.8) is 0 Å². The molecule has 2 rings (SSSR count). The molecule has 0 saturated carbocycles. The molecule has 2 aromatic carbocycles. The third kappa shape index (κ3) is 8.15. The van der Waals surface area contributed by atoms with E-state index in [-0.39, 0.29) is 11.5 Å². The average molecular weight is 362 g/mol. The summed E-state index contributed by atoms with van der Waals surface area (Å²) in [6, 6.07) is 18.6. The molecule has 2 nitrogen and oxygen atoms in total. The van der Waals surface area contributed by atoms with Gasteiger partial charge in [-0.25, -0.2) is 0 Å². The van der Waals surface area contributed by atoms with E-state index in [1.54, 1.807) is 0 Å². The molecule has 0 heterocycles. The predicted octanol–water partition coefficient (Wildman–Crippen LogP) is 5.86. The van der Waals surface area contributed by atoms with Crippen LogP contribution in [0.15, 0.2) is 66.7 Å². The normalized spacial score (nSPS) is 12.7. The molecule has 0 saturated heterocycles. The van der Waals surface area contributed by atoms with Gasteiger partial charge in [-0.15, -0.1) is 0 Å². The number of likely N-dealkylation sites (N-methyl/N-ethyl adjacent to an activating group) is 1. The lowest BCUT2D eigenvalue weighted by atomic mass is 9.98. The quantitative estimate of drug-likeness (QED) is 0.572. The topological polar surface area (TPSA) is 12.5 Å². The minimum atomic E-state index is 0.0310. The molecule has 0 aliphatic heterocycles. The maximum Gasteiger partial charge on any atom is 0.121 e. The summed E-state index contributed by atoms with van der Waals surface area (Å²) in [5.41, 5.74) is 2.47. The van der Waals surface area contributed by atoms with Crippen LogP contribution in [0.25, 0.3) is 0 Å². The van der Waals surface area contributed by atoms with Crippen molar-refractivity contribution in [2.75, 3.05) is 13.6 Å². The van der Waals surface area contributed by atoms with Crippen LogP contribution in [0, 0.1) is 17.3 Å². The maximum atomic E-state index is 6.12. The zero-order valence-electron chi connectivity index (χ0n) is 17.2. The van der Waals surface area contributed by atoms with Gasteiger partial charge in [-0.1, -0.05) is 60.4 Å². The van der Waals surface area contributed by atoms with Crippen LogP contribution in [0.1, 0.15) is 44.9 Å². The van der Waals surface area contributed by atoms with Crippen molar-refractivity contribution in [3.05, 3.63) is 77.9 Å². The van der Waals surface area contributed by atoms with E-state index in [1.807, 2.05) is 30.3 Å². The Morgan fingerprint density at radius 3 is 2.52 bits per heavy atom. The third-order valence-electron chi connectivity index (χ3n) is 4.00. The standard InChI is InChI=1S/C25H31NO/c1-21(23-14-8-6-9-15-23)27-24-16-12-13-22(19-24)20-26(5)18-11-7-10-17-25(2,3)4/h6-9,11-16,19,21H,18,20H2,1-5H3. The van der Waals surface area contributed by atoms with Crippen molar-refractivity contribution in [3.8, 4) is 17.6 Å². The second kappa shape index (κ2) is 10.00. The van der Waals surface area contributed by atoms with Gasteiger partial charge in [0.05, 0.1) is 0 Å². The van der Waals surface area contributed by atoms with Gasteiger partial charge >= 0.3 is 0 Å². The Morgan fingerprint density at radius 2 is 1.81 bits per heavy atom. The highest BCUT2D eigenvalue weighted by Crippen LogP contribution is 2.22. The molecule has 0 radical (unpaired) electrons. The van der Waals surface area contributed by atoms with E-state index >= 15 is 0 Å². The Morgan fingerprint density at radius 1 is 1.07 bits per heavy atom. The van der Waals surface area contributed by atoms with Crippen molar-refractivity contribution < 1.29 is 4.74 Å². The molecule has 2 heteroatoms. The zero-order chi connectivity index (χ0) is 19.7. The van der Waals surface area contributed by atoms with Gasteiger partial charge in [-0.05, 0) is 64.1 Å². The Kier molecular flexibility index (Phi) is 7.70. The minimum absolute atomic E-state index is 0.0310. The highest BCUT2D eigenvalue weighted by molar-refractivity contribution is 5.30. The number of hydrogen-bond acceptors (Lipinski definition) is 2. The van der Waals surface area contributed by atoms with Crippen molar-refractivity contribution in [2.24, 2.45) is 5.41 Å². The molecule has 0 aliphatic rings. The van der Waals surface area contributed by atoms with Crippen molar-refractivity contribution >= 4 is 0 Å². The van der Waals surface area contributed by atoms with Crippen LogP contribution >= 0.6 is 0 Å². The lowest BCUT2D eigenvalue weighted by Crippen LogP contribution is -2.17. The molecule has 1 unspecified atom stereocenters. The lowest BCUT2D eigenvalue weighted by Gasteiger charge is -2.17. The first-order chi connectivity index (χ1) is 12.8. The number of ether oxygens (including phenoxy) is 1. The smallest absolute Gasteiger partial charge is 0.121 e. The Bertz CT molecular complexity index is 790. The fraction of sp³-hybridized carbons (Fsp3) is 0.360. The number of benzene rings is 2. The van der Waals surface area contributed by atoms with Gasteiger partial charge < -0.3 is 4.74 Å². The van der Waals surface area contributed by atoms with E-state index in [9.17, 15) is 0 Å². The fourth-order valence-corrected chi connectivity index (χ4v) is 2.64. The van der Waals surface area contributed by atoms with Crippen LogP contribution in [-0.2, 0) is 6.54 Å². The molecule has 0 N–H and O–H groups in total. The number of nitrogens with zero attached hydrogens (tertiary/aromatic N) is 1. The van der Waals surface area contributed by atoms with Crippen LogP contribution in [0.2, 0.25) is 0 Å². The monoisotopic (exact) mass is 361 g/mol. The van der Waals surface area contributed by atoms with E-state index in [1.165, 1.54) is 11.1 Å². The summed E-state index contributed by atoms with van der Waals surface area (Å²) in [4.78, 5) is 2.26. The molecule has 0 bridgehead atoms. The number of hydrogen-bond donors (Lipinski definition) is 0. The Hall–Kier alpha value is -2.50. The van der Waals surface area contributed by atoms with Crippen LogP contribution in [0.4, 0.5) is 0 Å². The number of allylic oxidation sites excluding steroid dienone is 1. The molecule has 0 fully saturated rings. The first-order valence-electron chi connectivity index (χ1n) is 9.50. The van der Waals surface area contributed by atoms with Crippen LogP contribution in [-0.4, -0.2) is 18.5 Å². The first kappa shape index (κ1) is 20.8. The zero-order valence-corrected chi connectivity index (χ0v) is 17.2. The molecule has 142 valence electrons. The van der Waals surface area contributed by atoms with Gasteiger partial charge in [0.1, 0.15) is 11.9 Å².